The molecule has 0 unspecified atom stereocenters. The van der Waals surface area contributed by atoms with Crippen molar-refractivity contribution in [2.75, 3.05) is 6.26 Å². The van der Waals surface area contributed by atoms with E-state index in [0.29, 0.717) is 0 Å². The van der Waals surface area contributed by atoms with Crippen LogP contribution in [0, 0.1) is 20.2 Å². The quantitative estimate of drug-likeness (QED) is 0.277. The first kappa shape index (κ1) is 21.3. The number of rotatable bonds is 6. The number of phenols is 2. The van der Waals surface area contributed by atoms with Gasteiger partial charge in [-0.2, -0.15) is 10.2 Å². The number of nitrogens with one attached hydrogen (secondary N) is 1. The van der Waals surface area contributed by atoms with E-state index in [1.54, 1.807) is 6.26 Å². The van der Waals surface area contributed by atoms with E-state index in [2.05, 4.69) is 20.7 Å². The van der Waals surface area contributed by atoms with Gasteiger partial charge in [-0.15, -0.1) is 5.10 Å². The van der Waals surface area contributed by atoms with Crippen molar-refractivity contribution in [3.05, 3.63) is 67.8 Å². The van der Waals surface area contributed by atoms with Crippen LogP contribution in [0.3, 0.4) is 0 Å². The third-order valence-corrected chi connectivity index (χ3v) is 3.91. The molecule has 0 atom stereocenters. The summed E-state index contributed by atoms with van der Waals surface area (Å²) in [4.78, 5) is 20.4. The van der Waals surface area contributed by atoms with Gasteiger partial charge in [-0.05, 0) is 18.4 Å². The highest BCUT2D eigenvalue weighted by Gasteiger charge is 2.09. The standard InChI is InChI=1S/C16H14N6O6S/c1-29-16(19-17-8-10-6-12(21(25)26)2-4-14(10)23)20-18-9-11-7-13(22(27)28)3-5-15(11)24/h2-9,23-24H,1H3,(H,19,20)/b17-8+,18-9+. The number of nitro groups is 2. The van der Waals surface area contributed by atoms with E-state index in [1.165, 1.54) is 18.3 Å². The lowest BCUT2D eigenvalue weighted by atomic mass is 10.2. The fourth-order valence-corrected chi connectivity index (χ4v) is 2.20. The van der Waals surface area contributed by atoms with Crippen LogP contribution < -0.4 is 5.43 Å². The largest absolute Gasteiger partial charge is 0.507 e. The Balaban J connectivity index is 2.12. The van der Waals surface area contributed by atoms with Gasteiger partial charge in [0.1, 0.15) is 11.5 Å². The van der Waals surface area contributed by atoms with Crippen molar-refractivity contribution >= 4 is 40.7 Å². The molecule has 0 amide bonds. The first-order valence-electron chi connectivity index (χ1n) is 7.70. The van der Waals surface area contributed by atoms with Gasteiger partial charge < -0.3 is 10.2 Å². The van der Waals surface area contributed by atoms with Gasteiger partial charge in [0.15, 0.2) is 0 Å². The second-order valence-electron chi connectivity index (χ2n) is 5.22. The molecule has 0 bridgehead atoms. The maximum atomic E-state index is 10.8. The average Bonchev–Trinajstić information content (AvgIpc) is 2.69. The van der Waals surface area contributed by atoms with Crippen molar-refractivity contribution in [1.29, 1.82) is 0 Å². The molecule has 0 saturated heterocycles. The third-order valence-electron chi connectivity index (χ3n) is 3.35. The van der Waals surface area contributed by atoms with Crippen LogP contribution in [0.2, 0.25) is 0 Å². The van der Waals surface area contributed by atoms with Gasteiger partial charge in [0.25, 0.3) is 11.4 Å². The first-order chi connectivity index (χ1) is 13.8. The highest BCUT2D eigenvalue weighted by atomic mass is 32.2. The zero-order chi connectivity index (χ0) is 21.4. The Bertz CT molecular complexity index is 1020. The molecule has 12 nitrogen and oxygen atoms in total. The van der Waals surface area contributed by atoms with E-state index >= 15 is 0 Å². The maximum absolute atomic E-state index is 10.8. The van der Waals surface area contributed by atoms with Crippen LogP contribution in [0.5, 0.6) is 11.5 Å². The van der Waals surface area contributed by atoms with Gasteiger partial charge in [-0.1, -0.05) is 11.8 Å². The van der Waals surface area contributed by atoms with Crippen molar-refractivity contribution < 1.29 is 20.1 Å². The molecule has 2 aromatic rings. The Hall–Kier alpha value is -4.00. The van der Waals surface area contributed by atoms with E-state index in [4.69, 9.17) is 0 Å². The summed E-state index contributed by atoms with van der Waals surface area (Å²) in [7, 11) is 0. The zero-order valence-corrected chi connectivity index (χ0v) is 15.6. The summed E-state index contributed by atoms with van der Waals surface area (Å²) in [6, 6.07) is 6.96. The maximum Gasteiger partial charge on any atom is 0.270 e. The minimum absolute atomic E-state index is 0.105. The Morgan fingerprint density at radius 1 is 1.00 bits per heavy atom. The van der Waals surface area contributed by atoms with E-state index < -0.39 is 9.85 Å². The van der Waals surface area contributed by atoms with E-state index in [9.17, 15) is 30.4 Å². The normalized spacial score (nSPS) is 11.8. The van der Waals surface area contributed by atoms with Crippen LogP contribution in [0.1, 0.15) is 11.1 Å². The SMILES string of the molecule is CSC(=N/N=C/c1cc([N+](=O)[O-])ccc1O)N/N=C/c1cc([N+](=O)[O-])ccc1O. The summed E-state index contributed by atoms with van der Waals surface area (Å²) in [6.07, 6.45) is 3.98. The monoisotopic (exact) mass is 418 g/mol. The number of non-ortho nitro benzene ring substituents is 2. The summed E-state index contributed by atoms with van der Waals surface area (Å²) in [5.41, 5.74) is 2.35. The number of benzene rings is 2. The van der Waals surface area contributed by atoms with Crippen molar-refractivity contribution in [1.82, 2.24) is 5.43 Å². The van der Waals surface area contributed by atoms with Crippen molar-refractivity contribution in [3.8, 4) is 11.5 Å². The van der Waals surface area contributed by atoms with Crippen LogP contribution in [0.25, 0.3) is 0 Å². The molecule has 0 spiro atoms. The predicted octanol–water partition coefficient (Wildman–Crippen LogP) is 2.59. The fraction of sp³-hybridized carbons (Fsp3) is 0.0625. The summed E-state index contributed by atoms with van der Waals surface area (Å²) in [5, 5.41) is 52.6. The molecule has 0 fully saturated rings. The highest BCUT2D eigenvalue weighted by molar-refractivity contribution is 8.13. The van der Waals surface area contributed by atoms with Gasteiger partial charge in [0.05, 0.1) is 22.3 Å². The molecule has 2 aromatic carbocycles. The molecular weight excluding hydrogens is 404 g/mol. The molecule has 2 rings (SSSR count). The highest BCUT2D eigenvalue weighted by Crippen LogP contribution is 2.22. The molecular formula is C16H14N6O6S. The molecule has 0 aliphatic carbocycles. The van der Waals surface area contributed by atoms with Gasteiger partial charge in [0, 0.05) is 35.4 Å². The van der Waals surface area contributed by atoms with Gasteiger partial charge >= 0.3 is 0 Å². The van der Waals surface area contributed by atoms with Crippen molar-refractivity contribution in [2.24, 2.45) is 15.3 Å². The number of nitro benzene ring substituents is 2. The van der Waals surface area contributed by atoms with Gasteiger partial charge in [-0.25, -0.2) is 0 Å². The zero-order valence-electron chi connectivity index (χ0n) is 14.8. The Morgan fingerprint density at radius 2 is 1.52 bits per heavy atom. The molecule has 0 heterocycles. The minimum Gasteiger partial charge on any atom is -0.507 e. The van der Waals surface area contributed by atoms with Crippen LogP contribution in [-0.4, -0.2) is 43.9 Å². The Morgan fingerprint density at radius 3 is 2.00 bits per heavy atom. The molecule has 3 N–H and O–H groups in total. The molecule has 0 saturated carbocycles. The molecule has 29 heavy (non-hydrogen) atoms. The number of amidine groups is 1. The lowest BCUT2D eigenvalue weighted by Crippen LogP contribution is -2.13. The molecule has 0 radical (unpaired) electrons. The van der Waals surface area contributed by atoms with Gasteiger partial charge in [-0.3, -0.25) is 25.7 Å². The summed E-state index contributed by atoms with van der Waals surface area (Å²) in [6.45, 7) is 0. The second kappa shape index (κ2) is 9.80. The van der Waals surface area contributed by atoms with Crippen molar-refractivity contribution in [3.63, 3.8) is 0 Å². The Labute approximate surface area is 167 Å². The topological polar surface area (TPSA) is 176 Å². The number of hydrogen-bond donors (Lipinski definition) is 3. The lowest BCUT2D eigenvalue weighted by Gasteiger charge is -2.01. The third kappa shape index (κ3) is 6.00. The average molecular weight is 418 g/mol. The molecule has 0 aliphatic rings. The van der Waals surface area contributed by atoms with Crippen LogP contribution >= 0.6 is 11.8 Å². The van der Waals surface area contributed by atoms with Crippen LogP contribution in [0.4, 0.5) is 11.4 Å². The molecule has 150 valence electrons. The minimum atomic E-state index is -0.604. The number of thioether (sulfide) groups is 1. The summed E-state index contributed by atoms with van der Waals surface area (Å²) < 4.78 is 0. The Kier molecular flexibility index (Phi) is 7.20. The summed E-state index contributed by atoms with van der Waals surface area (Å²) in [5.74, 6) is -0.393. The van der Waals surface area contributed by atoms with Gasteiger partial charge in [0.2, 0.25) is 5.17 Å². The number of aromatic hydroxyl groups is 2. The first-order valence-corrected chi connectivity index (χ1v) is 8.93. The number of nitrogens with zero attached hydrogens (tertiary/aromatic N) is 5. The lowest BCUT2D eigenvalue weighted by molar-refractivity contribution is -0.385. The molecule has 0 aliphatic heterocycles. The van der Waals surface area contributed by atoms with E-state index in [1.807, 2.05) is 0 Å². The number of phenolic OH excluding ortho intramolecular Hbond substituents is 2. The summed E-state index contributed by atoms with van der Waals surface area (Å²) >= 11 is 1.13. The van der Waals surface area contributed by atoms with E-state index in [-0.39, 0.29) is 39.2 Å². The number of hydrogen-bond acceptors (Lipinski definition) is 10. The number of hydrazone groups is 1. The second-order valence-corrected chi connectivity index (χ2v) is 6.02. The van der Waals surface area contributed by atoms with Crippen LogP contribution in [-0.2, 0) is 0 Å². The molecule has 13 heteroatoms. The molecule has 0 aromatic heterocycles. The van der Waals surface area contributed by atoms with Crippen LogP contribution in [0.15, 0.2) is 51.7 Å². The van der Waals surface area contributed by atoms with E-state index in [0.717, 1.165) is 42.2 Å². The van der Waals surface area contributed by atoms with Crippen molar-refractivity contribution in [2.45, 2.75) is 0 Å². The predicted molar refractivity (Wildman–Crippen MR) is 109 cm³/mol. The fourth-order valence-electron chi connectivity index (χ4n) is 1.93. The smallest absolute Gasteiger partial charge is 0.270 e.